The number of halogens is 1. The van der Waals surface area contributed by atoms with E-state index < -0.39 is 6.10 Å². The largest absolute Gasteiger partial charge is 0.387 e. The fourth-order valence-corrected chi connectivity index (χ4v) is 1.90. The summed E-state index contributed by atoms with van der Waals surface area (Å²) < 4.78 is 1.64. The first-order valence-corrected chi connectivity index (χ1v) is 6.02. The van der Waals surface area contributed by atoms with Gasteiger partial charge in [0.25, 0.3) is 0 Å². The van der Waals surface area contributed by atoms with Gasteiger partial charge in [0.05, 0.1) is 12.6 Å². The van der Waals surface area contributed by atoms with E-state index in [1.54, 1.807) is 17.1 Å². The van der Waals surface area contributed by atoms with E-state index in [1.165, 1.54) is 0 Å². The van der Waals surface area contributed by atoms with Crippen LogP contribution < -0.4 is 5.32 Å². The third kappa shape index (κ3) is 3.29. The van der Waals surface area contributed by atoms with Gasteiger partial charge in [0.2, 0.25) is 0 Å². The number of aryl methyl sites for hydroxylation is 1. The van der Waals surface area contributed by atoms with Crippen molar-refractivity contribution >= 4 is 11.6 Å². The lowest BCUT2D eigenvalue weighted by Crippen LogP contribution is -2.22. The first-order valence-electron chi connectivity index (χ1n) is 5.64. The van der Waals surface area contributed by atoms with Crippen molar-refractivity contribution in [2.45, 2.75) is 12.6 Å². The highest BCUT2D eigenvalue weighted by molar-refractivity contribution is 6.31. The van der Waals surface area contributed by atoms with Crippen molar-refractivity contribution in [3.63, 3.8) is 0 Å². The lowest BCUT2D eigenvalue weighted by atomic mass is 10.1. The number of rotatable bonds is 5. The SMILES string of the molecule is Cn1cnc(CNCC(O)c2ccccc2Cl)n1. The first kappa shape index (κ1) is 13.0. The number of aliphatic hydroxyl groups is 1. The van der Waals surface area contributed by atoms with Crippen LogP contribution in [0.1, 0.15) is 17.5 Å². The topological polar surface area (TPSA) is 63.0 Å². The van der Waals surface area contributed by atoms with E-state index in [0.29, 0.717) is 23.9 Å². The summed E-state index contributed by atoms with van der Waals surface area (Å²) in [6.45, 7) is 0.921. The van der Waals surface area contributed by atoms with Crippen molar-refractivity contribution < 1.29 is 5.11 Å². The van der Waals surface area contributed by atoms with Gasteiger partial charge < -0.3 is 10.4 Å². The van der Waals surface area contributed by atoms with Gasteiger partial charge in [-0.15, -0.1) is 0 Å². The standard InChI is InChI=1S/C12H15ClN4O/c1-17-8-15-12(16-17)7-14-6-11(18)9-4-2-3-5-10(9)13/h2-5,8,11,14,18H,6-7H2,1H3. The first-order chi connectivity index (χ1) is 8.66. The van der Waals surface area contributed by atoms with Crippen LogP contribution in [0.15, 0.2) is 30.6 Å². The molecule has 5 nitrogen and oxygen atoms in total. The molecule has 0 aliphatic heterocycles. The summed E-state index contributed by atoms with van der Waals surface area (Å²) >= 11 is 6.00. The van der Waals surface area contributed by atoms with Gasteiger partial charge in [-0.25, -0.2) is 4.98 Å². The van der Waals surface area contributed by atoms with Crippen LogP contribution in [0.2, 0.25) is 5.02 Å². The molecule has 0 saturated heterocycles. The minimum Gasteiger partial charge on any atom is -0.387 e. The fourth-order valence-electron chi connectivity index (χ4n) is 1.64. The van der Waals surface area contributed by atoms with Crippen molar-refractivity contribution in [1.29, 1.82) is 0 Å². The average Bonchev–Trinajstić information content (AvgIpc) is 2.75. The minimum atomic E-state index is -0.637. The van der Waals surface area contributed by atoms with Crippen molar-refractivity contribution in [2.75, 3.05) is 6.54 Å². The zero-order chi connectivity index (χ0) is 13.0. The van der Waals surface area contributed by atoms with E-state index in [0.717, 1.165) is 5.56 Å². The van der Waals surface area contributed by atoms with Gasteiger partial charge in [-0.3, -0.25) is 4.68 Å². The normalized spacial score (nSPS) is 12.6. The van der Waals surface area contributed by atoms with Gasteiger partial charge >= 0.3 is 0 Å². The molecule has 0 aliphatic rings. The van der Waals surface area contributed by atoms with Gasteiger partial charge in [0.1, 0.15) is 6.33 Å². The van der Waals surface area contributed by atoms with Crippen molar-refractivity contribution in [2.24, 2.45) is 7.05 Å². The molecule has 18 heavy (non-hydrogen) atoms. The number of nitrogens with zero attached hydrogens (tertiary/aromatic N) is 3. The second-order valence-electron chi connectivity index (χ2n) is 4.00. The van der Waals surface area contributed by atoms with Crippen LogP contribution in [-0.2, 0) is 13.6 Å². The van der Waals surface area contributed by atoms with Crippen molar-refractivity contribution in [1.82, 2.24) is 20.1 Å². The number of aliphatic hydroxyl groups excluding tert-OH is 1. The Morgan fingerprint density at radius 2 is 2.22 bits per heavy atom. The van der Waals surface area contributed by atoms with E-state index in [2.05, 4.69) is 15.4 Å². The van der Waals surface area contributed by atoms with Gasteiger partial charge in [-0.05, 0) is 6.07 Å². The summed E-state index contributed by atoms with van der Waals surface area (Å²) in [5.41, 5.74) is 0.723. The van der Waals surface area contributed by atoms with Gasteiger partial charge in [0.15, 0.2) is 5.82 Å². The third-order valence-electron chi connectivity index (χ3n) is 2.53. The van der Waals surface area contributed by atoms with Crippen LogP contribution in [0.4, 0.5) is 0 Å². The highest BCUT2D eigenvalue weighted by Crippen LogP contribution is 2.21. The van der Waals surface area contributed by atoms with Crippen molar-refractivity contribution in [3.8, 4) is 0 Å². The van der Waals surface area contributed by atoms with Crippen LogP contribution in [0, 0.1) is 0 Å². The zero-order valence-electron chi connectivity index (χ0n) is 10.0. The summed E-state index contributed by atoms with van der Waals surface area (Å²) in [4.78, 5) is 4.08. The maximum atomic E-state index is 9.99. The lowest BCUT2D eigenvalue weighted by molar-refractivity contribution is 0.174. The van der Waals surface area contributed by atoms with Gasteiger partial charge in [-0.1, -0.05) is 29.8 Å². The van der Waals surface area contributed by atoms with Crippen LogP contribution in [0.25, 0.3) is 0 Å². The monoisotopic (exact) mass is 266 g/mol. The predicted octanol–water partition coefficient (Wildman–Crippen LogP) is 1.29. The molecule has 2 aromatic rings. The molecule has 1 unspecified atom stereocenters. The number of nitrogens with one attached hydrogen (secondary N) is 1. The summed E-state index contributed by atoms with van der Waals surface area (Å²) in [5, 5.41) is 17.8. The minimum absolute atomic E-state index is 0.405. The highest BCUT2D eigenvalue weighted by Gasteiger charge is 2.10. The Bertz CT molecular complexity index is 514. The Kier molecular flexibility index (Phi) is 4.30. The summed E-state index contributed by atoms with van der Waals surface area (Å²) in [5.74, 6) is 0.698. The number of hydrogen-bond acceptors (Lipinski definition) is 4. The molecule has 0 saturated carbocycles. The summed E-state index contributed by atoms with van der Waals surface area (Å²) in [7, 11) is 1.81. The quantitative estimate of drug-likeness (QED) is 0.856. The molecular formula is C12H15ClN4O. The van der Waals surface area contributed by atoms with Crippen molar-refractivity contribution in [3.05, 3.63) is 47.0 Å². The van der Waals surface area contributed by atoms with Crippen LogP contribution in [0.3, 0.4) is 0 Å². The number of aromatic nitrogens is 3. The molecule has 1 aromatic heterocycles. The Balaban J connectivity index is 1.85. The fraction of sp³-hybridized carbons (Fsp3) is 0.333. The molecule has 1 atom stereocenters. The maximum Gasteiger partial charge on any atom is 0.164 e. The average molecular weight is 267 g/mol. The second kappa shape index (κ2) is 5.95. The van der Waals surface area contributed by atoms with E-state index in [-0.39, 0.29) is 0 Å². The van der Waals surface area contributed by atoms with Crippen LogP contribution >= 0.6 is 11.6 Å². The molecule has 0 amide bonds. The number of benzene rings is 1. The molecule has 6 heteroatoms. The van der Waals surface area contributed by atoms with E-state index in [4.69, 9.17) is 11.6 Å². The molecule has 1 aromatic carbocycles. The molecule has 0 bridgehead atoms. The lowest BCUT2D eigenvalue weighted by Gasteiger charge is -2.12. The highest BCUT2D eigenvalue weighted by atomic mass is 35.5. The molecule has 2 N–H and O–H groups in total. The Labute approximate surface area is 110 Å². The predicted molar refractivity (Wildman–Crippen MR) is 69.1 cm³/mol. The van der Waals surface area contributed by atoms with Gasteiger partial charge in [0, 0.05) is 24.2 Å². The van der Waals surface area contributed by atoms with E-state index in [9.17, 15) is 5.11 Å². The molecule has 96 valence electrons. The maximum absolute atomic E-state index is 9.99. The van der Waals surface area contributed by atoms with E-state index >= 15 is 0 Å². The molecule has 2 rings (SSSR count). The Hall–Kier alpha value is -1.43. The Morgan fingerprint density at radius 3 is 2.89 bits per heavy atom. The Morgan fingerprint density at radius 1 is 1.44 bits per heavy atom. The van der Waals surface area contributed by atoms with E-state index in [1.807, 2.05) is 25.2 Å². The summed E-state index contributed by atoms with van der Waals surface area (Å²) in [6.07, 6.45) is 1.00. The molecule has 1 heterocycles. The molecule has 0 fully saturated rings. The summed E-state index contributed by atoms with van der Waals surface area (Å²) in [6, 6.07) is 7.27. The molecular weight excluding hydrogens is 252 g/mol. The zero-order valence-corrected chi connectivity index (χ0v) is 10.8. The second-order valence-corrected chi connectivity index (χ2v) is 4.41. The smallest absolute Gasteiger partial charge is 0.164 e. The van der Waals surface area contributed by atoms with Crippen LogP contribution in [0.5, 0.6) is 0 Å². The van der Waals surface area contributed by atoms with Crippen LogP contribution in [-0.4, -0.2) is 26.4 Å². The molecule has 0 spiro atoms. The van der Waals surface area contributed by atoms with Gasteiger partial charge in [-0.2, -0.15) is 5.10 Å². The third-order valence-corrected chi connectivity index (χ3v) is 2.88. The molecule has 0 radical (unpaired) electrons. The number of hydrogen-bond donors (Lipinski definition) is 2. The molecule has 0 aliphatic carbocycles.